The van der Waals surface area contributed by atoms with Crippen molar-refractivity contribution >= 4 is 28.1 Å². The first-order valence-electron chi connectivity index (χ1n) is 7.26. The number of halogens is 1. The molecule has 3 aromatic rings. The lowest BCUT2D eigenvalue weighted by molar-refractivity contribution is 0.407. The predicted molar refractivity (Wildman–Crippen MR) is 96.4 cm³/mol. The van der Waals surface area contributed by atoms with Crippen LogP contribution in [0.3, 0.4) is 0 Å². The second kappa shape index (κ2) is 6.88. The Bertz CT molecular complexity index is 883. The van der Waals surface area contributed by atoms with Crippen LogP contribution in [0.4, 0.5) is 5.95 Å². The molecule has 0 unspecified atom stereocenters. The largest absolute Gasteiger partial charge is 0.496 e. The number of nitrogens with zero attached hydrogens (tertiary/aromatic N) is 5. The van der Waals surface area contributed by atoms with Gasteiger partial charge in [0.1, 0.15) is 5.75 Å². The SMILES string of the molecule is COc1ccc(C=Nn2cc(C)nc2N)cc1Cn1cc(Br)cn1. The summed E-state index contributed by atoms with van der Waals surface area (Å²) in [6.07, 6.45) is 7.17. The van der Waals surface area contributed by atoms with E-state index in [0.29, 0.717) is 12.5 Å². The Morgan fingerprint density at radius 2 is 2.21 bits per heavy atom. The summed E-state index contributed by atoms with van der Waals surface area (Å²) in [4.78, 5) is 4.12. The summed E-state index contributed by atoms with van der Waals surface area (Å²) >= 11 is 3.40. The highest BCUT2D eigenvalue weighted by Crippen LogP contribution is 2.21. The summed E-state index contributed by atoms with van der Waals surface area (Å²) in [6.45, 7) is 2.47. The van der Waals surface area contributed by atoms with Gasteiger partial charge in [0.15, 0.2) is 0 Å². The normalized spacial score (nSPS) is 11.3. The zero-order valence-electron chi connectivity index (χ0n) is 13.3. The Balaban J connectivity index is 1.86. The maximum atomic E-state index is 5.79. The number of methoxy groups -OCH3 is 1. The molecule has 2 aromatic heterocycles. The number of nitrogens with two attached hydrogens (primary N) is 1. The number of ether oxygens (including phenoxy) is 1. The van der Waals surface area contributed by atoms with Crippen LogP contribution >= 0.6 is 15.9 Å². The van der Waals surface area contributed by atoms with Crippen molar-refractivity contribution in [2.24, 2.45) is 5.10 Å². The van der Waals surface area contributed by atoms with Crippen LogP contribution in [-0.2, 0) is 6.54 Å². The van der Waals surface area contributed by atoms with E-state index in [1.807, 2.05) is 36.0 Å². The van der Waals surface area contributed by atoms with Crippen LogP contribution in [0, 0.1) is 6.92 Å². The summed E-state index contributed by atoms with van der Waals surface area (Å²) < 4.78 is 9.75. The molecule has 0 aliphatic rings. The Morgan fingerprint density at radius 1 is 1.38 bits per heavy atom. The van der Waals surface area contributed by atoms with Crippen molar-refractivity contribution in [3.05, 3.63) is 58.1 Å². The Kier molecular flexibility index (Phi) is 4.66. The van der Waals surface area contributed by atoms with Crippen LogP contribution in [-0.4, -0.2) is 32.8 Å². The Hall–Kier alpha value is -2.61. The van der Waals surface area contributed by atoms with E-state index in [4.69, 9.17) is 10.5 Å². The van der Waals surface area contributed by atoms with Gasteiger partial charge in [0.2, 0.25) is 5.95 Å². The van der Waals surface area contributed by atoms with Crippen molar-refractivity contribution in [2.45, 2.75) is 13.5 Å². The molecule has 1 aromatic carbocycles. The summed E-state index contributed by atoms with van der Waals surface area (Å²) in [7, 11) is 1.65. The highest BCUT2D eigenvalue weighted by Gasteiger charge is 2.06. The van der Waals surface area contributed by atoms with E-state index < -0.39 is 0 Å². The molecule has 0 atom stereocenters. The number of rotatable bonds is 5. The zero-order chi connectivity index (χ0) is 17.1. The number of hydrogen-bond donors (Lipinski definition) is 1. The number of aromatic nitrogens is 4. The van der Waals surface area contributed by atoms with Gasteiger partial charge in [0, 0.05) is 11.8 Å². The molecular formula is C16H17BrN6O. The van der Waals surface area contributed by atoms with Gasteiger partial charge in [-0.2, -0.15) is 10.2 Å². The maximum absolute atomic E-state index is 5.79. The van der Waals surface area contributed by atoms with Gasteiger partial charge < -0.3 is 10.5 Å². The molecule has 0 aliphatic carbocycles. The summed E-state index contributed by atoms with van der Waals surface area (Å²) in [5.41, 5.74) is 8.55. The fourth-order valence-electron chi connectivity index (χ4n) is 2.33. The van der Waals surface area contributed by atoms with E-state index in [1.165, 1.54) is 0 Å². The third-order valence-electron chi connectivity index (χ3n) is 3.40. The van der Waals surface area contributed by atoms with Crippen LogP contribution in [0.5, 0.6) is 5.75 Å². The summed E-state index contributed by atoms with van der Waals surface area (Å²) in [5, 5.41) is 8.61. The molecular weight excluding hydrogens is 372 g/mol. The second-order valence-corrected chi connectivity index (χ2v) is 6.17. The molecule has 0 radical (unpaired) electrons. The van der Waals surface area contributed by atoms with Crippen molar-refractivity contribution in [3.8, 4) is 5.75 Å². The van der Waals surface area contributed by atoms with Gasteiger partial charge in [-0.25, -0.2) is 9.66 Å². The van der Waals surface area contributed by atoms with Crippen LogP contribution in [0.15, 0.2) is 46.4 Å². The van der Waals surface area contributed by atoms with Crippen molar-refractivity contribution in [1.82, 2.24) is 19.4 Å². The number of nitrogen functional groups attached to an aromatic ring is 1. The van der Waals surface area contributed by atoms with E-state index in [1.54, 1.807) is 30.4 Å². The van der Waals surface area contributed by atoms with Crippen LogP contribution in [0.2, 0.25) is 0 Å². The minimum Gasteiger partial charge on any atom is -0.496 e. The average Bonchev–Trinajstić information content (AvgIpc) is 3.10. The number of anilines is 1. The molecule has 0 spiro atoms. The Morgan fingerprint density at radius 3 is 2.83 bits per heavy atom. The molecule has 7 nitrogen and oxygen atoms in total. The predicted octanol–water partition coefficient (Wildman–Crippen LogP) is 2.67. The van der Waals surface area contributed by atoms with Gasteiger partial charge in [0.05, 0.1) is 42.4 Å². The number of aryl methyl sites for hydroxylation is 1. The molecule has 3 rings (SSSR count). The third kappa shape index (κ3) is 3.65. The first-order valence-corrected chi connectivity index (χ1v) is 8.05. The lowest BCUT2D eigenvalue weighted by Gasteiger charge is -2.09. The molecule has 24 heavy (non-hydrogen) atoms. The Labute approximate surface area is 147 Å². The fourth-order valence-corrected chi connectivity index (χ4v) is 2.65. The standard InChI is InChI=1S/C16H17BrN6O/c1-11-8-23(16(18)21-11)20-6-12-3-4-15(24-2)13(5-12)9-22-10-14(17)7-19-22/h3-8,10H,9H2,1-2H3,(H2,18,21). The van der Waals surface area contributed by atoms with Gasteiger partial charge in [0.25, 0.3) is 0 Å². The number of hydrogen-bond acceptors (Lipinski definition) is 5. The molecule has 0 saturated carbocycles. The summed E-state index contributed by atoms with van der Waals surface area (Å²) in [5.74, 6) is 1.16. The van der Waals surface area contributed by atoms with Gasteiger partial charge >= 0.3 is 0 Å². The lowest BCUT2D eigenvalue weighted by Crippen LogP contribution is -2.03. The summed E-state index contributed by atoms with van der Waals surface area (Å²) in [6, 6.07) is 5.86. The lowest BCUT2D eigenvalue weighted by atomic mass is 10.1. The number of benzene rings is 1. The van der Waals surface area contributed by atoms with E-state index in [2.05, 4.69) is 31.1 Å². The van der Waals surface area contributed by atoms with E-state index >= 15 is 0 Å². The van der Waals surface area contributed by atoms with Gasteiger partial charge in [-0.15, -0.1) is 0 Å². The molecule has 0 fully saturated rings. The van der Waals surface area contributed by atoms with Gasteiger partial charge in [-0.1, -0.05) is 0 Å². The molecule has 0 saturated heterocycles. The minimum atomic E-state index is 0.360. The number of imidazole rings is 1. The van der Waals surface area contributed by atoms with Crippen LogP contribution in [0.25, 0.3) is 0 Å². The van der Waals surface area contributed by atoms with E-state index in [0.717, 1.165) is 27.0 Å². The maximum Gasteiger partial charge on any atom is 0.221 e. The topological polar surface area (TPSA) is 83.2 Å². The molecule has 0 bridgehead atoms. The van der Waals surface area contributed by atoms with Crippen molar-refractivity contribution in [3.63, 3.8) is 0 Å². The van der Waals surface area contributed by atoms with E-state index in [9.17, 15) is 0 Å². The van der Waals surface area contributed by atoms with Gasteiger partial charge in [-0.05, 0) is 46.6 Å². The molecule has 2 heterocycles. The smallest absolute Gasteiger partial charge is 0.221 e. The second-order valence-electron chi connectivity index (χ2n) is 5.26. The van der Waals surface area contributed by atoms with E-state index in [-0.39, 0.29) is 0 Å². The molecule has 2 N–H and O–H groups in total. The first-order chi connectivity index (χ1) is 11.5. The first kappa shape index (κ1) is 16.3. The quantitative estimate of drug-likeness (QED) is 0.681. The monoisotopic (exact) mass is 388 g/mol. The third-order valence-corrected chi connectivity index (χ3v) is 3.81. The van der Waals surface area contributed by atoms with Crippen LogP contribution in [0.1, 0.15) is 16.8 Å². The molecule has 0 amide bonds. The van der Waals surface area contributed by atoms with Crippen molar-refractivity contribution in [2.75, 3.05) is 12.8 Å². The highest BCUT2D eigenvalue weighted by atomic mass is 79.9. The van der Waals surface area contributed by atoms with Crippen molar-refractivity contribution < 1.29 is 4.74 Å². The highest BCUT2D eigenvalue weighted by molar-refractivity contribution is 9.10. The molecule has 124 valence electrons. The average molecular weight is 389 g/mol. The van der Waals surface area contributed by atoms with Crippen LogP contribution < -0.4 is 10.5 Å². The molecule has 8 heteroatoms. The van der Waals surface area contributed by atoms with Crippen molar-refractivity contribution in [1.29, 1.82) is 0 Å². The zero-order valence-corrected chi connectivity index (χ0v) is 14.9. The minimum absolute atomic E-state index is 0.360. The van der Waals surface area contributed by atoms with Gasteiger partial charge in [-0.3, -0.25) is 4.68 Å². The fraction of sp³-hybridized carbons (Fsp3) is 0.188. The molecule has 0 aliphatic heterocycles.